The Morgan fingerprint density at radius 1 is 1.02 bits per heavy atom. The van der Waals surface area contributed by atoms with Gasteiger partial charge in [0, 0.05) is 80.6 Å². The van der Waals surface area contributed by atoms with Crippen LogP contribution >= 0.6 is 11.6 Å². The average Bonchev–Trinajstić information content (AvgIpc) is 3.88. The van der Waals surface area contributed by atoms with E-state index in [1.54, 1.807) is 6.07 Å². The van der Waals surface area contributed by atoms with Crippen molar-refractivity contribution in [3.05, 3.63) is 93.5 Å². The molecule has 4 heterocycles. The molecule has 0 unspecified atom stereocenters. The quantitative estimate of drug-likeness (QED) is 0.124. The van der Waals surface area contributed by atoms with Gasteiger partial charge >= 0.3 is 5.97 Å². The molecule has 1 amide bonds. The molecular formula is C43H46ClN7O4. The fourth-order valence-electron chi connectivity index (χ4n) is 8.98. The highest BCUT2D eigenvalue weighted by Gasteiger charge is 2.30. The molecule has 1 saturated carbocycles. The van der Waals surface area contributed by atoms with Gasteiger partial charge in [-0.25, -0.2) is 4.98 Å². The Morgan fingerprint density at radius 2 is 1.78 bits per heavy atom. The number of amides is 1. The standard InChI is InChI=1S/C43H46ClN7O4/c1-25-32(5-3-6-33(25)36-19-29-17-27(18-30(20-45)40(29)46-36)22-50-15-13-31(52)23-50)34-7-4-8-35(39(34)44)48-42(53)41-47-37-24-51(16-14-38(37)49(41)2)21-26-9-11-28(12-10-26)43(54)55/h3-8,17-19,26,28,31,46,52H,9-16,21-24H2,1-2H3,(H,48,53)(H,54,55)/t26-,28-,31-/m1/s1. The van der Waals surface area contributed by atoms with Crippen LogP contribution in [-0.4, -0.2) is 78.7 Å². The second kappa shape index (κ2) is 15.3. The number of nitrogens with one attached hydrogen (secondary N) is 2. The lowest BCUT2D eigenvalue weighted by Crippen LogP contribution is -2.36. The van der Waals surface area contributed by atoms with Crippen LogP contribution in [0, 0.1) is 30.1 Å². The van der Waals surface area contributed by atoms with Gasteiger partial charge < -0.3 is 25.1 Å². The lowest BCUT2D eigenvalue weighted by molar-refractivity contribution is -0.143. The van der Waals surface area contributed by atoms with Gasteiger partial charge in [0.2, 0.25) is 0 Å². The highest BCUT2D eigenvalue weighted by molar-refractivity contribution is 6.36. The molecule has 4 N–H and O–H groups in total. The van der Waals surface area contributed by atoms with E-state index in [4.69, 9.17) is 16.6 Å². The van der Waals surface area contributed by atoms with Gasteiger partial charge in [-0.05, 0) is 85.9 Å². The minimum absolute atomic E-state index is 0.216. The van der Waals surface area contributed by atoms with Crippen molar-refractivity contribution in [3.8, 4) is 28.5 Å². The molecule has 12 heteroatoms. The summed E-state index contributed by atoms with van der Waals surface area (Å²) in [6.07, 6.45) is 4.60. The largest absolute Gasteiger partial charge is 0.481 e. The van der Waals surface area contributed by atoms with Crippen LogP contribution in [0.2, 0.25) is 5.02 Å². The maximum absolute atomic E-state index is 13.8. The molecule has 0 bridgehead atoms. The highest BCUT2D eigenvalue weighted by atomic mass is 35.5. The van der Waals surface area contributed by atoms with Crippen LogP contribution in [0.3, 0.4) is 0 Å². The SMILES string of the molecule is Cc1c(-c2cc3cc(CN4CC[C@@H](O)C4)cc(C#N)c3[nH]2)cccc1-c1cccc(NC(=O)c2nc3c(n2C)CCN(C[C@H]2CC[C@H](C(=O)O)CC2)C3)c1Cl. The first-order valence-corrected chi connectivity index (χ1v) is 19.6. The average molecular weight is 760 g/mol. The van der Waals surface area contributed by atoms with Crippen LogP contribution in [0.25, 0.3) is 33.3 Å². The first-order chi connectivity index (χ1) is 26.6. The van der Waals surface area contributed by atoms with Crippen molar-refractivity contribution >= 4 is 40.1 Å². The summed E-state index contributed by atoms with van der Waals surface area (Å²) in [6, 6.07) is 20.2. The zero-order valence-electron chi connectivity index (χ0n) is 31.2. The lowest BCUT2D eigenvalue weighted by atomic mass is 9.81. The molecule has 1 atom stereocenters. The molecule has 0 spiro atoms. The van der Waals surface area contributed by atoms with E-state index in [0.717, 1.165) is 114 Å². The van der Waals surface area contributed by atoms with Gasteiger partial charge in [0.15, 0.2) is 5.82 Å². The summed E-state index contributed by atoms with van der Waals surface area (Å²) in [4.78, 5) is 38.1. The number of aromatic amines is 1. The van der Waals surface area contributed by atoms with E-state index < -0.39 is 5.97 Å². The summed E-state index contributed by atoms with van der Waals surface area (Å²) >= 11 is 7.08. The molecule has 2 aromatic heterocycles. The number of hydrogen-bond acceptors (Lipinski definition) is 7. The van der Waals surface area contributed by atoms with Crippen LogP contribution in [0.15, 0.2) is 54.6 Å². The molecule has 5 aromatic rings. The molecule has 1 saturated heterocycles. The topological polar surface area (TPSA) is 151 Å². The predicted molar refractivity (Wildman–Crippen MR) is 213 cm³/mol. The predicted octanol–water partition coefficient (Wildman–Crippen LogP) is 7.14. The fraction of sp³-hybridized carbons (Fsp3) is 0.395. The number of H-pyrrole nitrogens is 1. The lowest BCUT2D eigenvalue weighted by Gasteiger charge is -2.33. The van der Waals surface area contributed by atoms with Crippen molar-refractivity contribution < 1.29 is 19.8 Å². The van der Waals surface area contributed by atoms with Crippen molar-refractivity contribution in [1.82, 2.24) is 24.3 Å². The van der Waals surface area contributed by atoms with E-state index in [0.29, 0.717) is 47.7 Å². The number of aliphatic hydroxyl groups excluding tert-OH is 1. The number of fused-ring (bicyclic) bond motifs is 2. The number of aromatic nitrogens is 3. The summed E-state index contributed by atoms with van der Waals surface area (Å²) in [5, 5.41) is 33.8. The monoisotopic (exact) mass is 759 g/mol. The van der Waals surface area contributed by atoms with Crippen LogP contribution < -0.4 is 5.32 Å². The van der Waals surface area contributed by atoms with Gasteiger partial charge in [-0.3, -0.25) is 19.4 Å². The van der Waals surface area contributed by atoms with Crippen molar-refractivity contribution in [1.29, 1.82) is 5.26 Å². The van der Waals surface area contributed by atoms with Gasteiger partial charge in [-0.1, -0.05) is 41.9 Å². The zero-order valence-corrected chi connectivity index (χ0v) is 32.0. The number of imidazole rings is 1. The first-order valence-electron chi connectivity index (χ1n) is 19.2. The molecule has 8 rings (SSSR count). The Labute approximate surface area is 325 Å². The maximum Gasteiger partial charge on any atom is 0.306 e. The van der Waals surface area contributed by atoms with Crippen LogP contribution in [-0.2, 0) is 31.4 Å². The molecule has 284 valence electrons. The molecule has 2 fully saturated rings. The van der Waals surface area contributed by atoms with E-state index in [2.05, 4.69) is 51.3 Å². The summed E-state index contributed by atoms with van der Waals surface area (Å²) in [7, 11) is 1.89. The van der Waals surface area contributed by atoms with Gasteiger partial charge in [0.25, 0.3) is 5.91 Å². The zero-order chi connectivity index (χ0) is 38.4. The number of nitrogens with zero attached hydrogens (tertiary/aromatic N) is 5. The molecule has 1 aliphatic carbocycles. The number of β-amino-alcohol motifs (C(OH)–C–C–N with tert-alkyl or cyclic N) is 1. The van der Waals surface area contributed by atoms with Crippen LogP contribution in [0.5, 0.6) is 0 Å². The van der Waals surface area contributed by atoms with Crippen LogP contribution in [0.4, 0.5) is 5.69 Å². The van der Waals surface area contributed by atoms with Crippen molar-refractivity contribution in [3.63, 3.8) is 0 Å². The number of likely N-dealkylation sites (tertiary alicyclic amines) is 1. The van der Waals surface area contributed by atoms with Gasteiger partial charge in [0.1, 0.15) is 6.07 Å². The van der Waals surface area contributed by atoms with Gasteiger partial charge in [-0.15, -0.1) is 0 Å². The minimum atomic E-state index is -0.679. The number of aliphatic carboxylic acids is 1. The normalized spacial score (nSPS) is 20.4. The van der Waals surface area contributed by atoms with E-state index in [-0.39, 0.29) is 17.9 Å². The van der Waals surface area contributed by atoms with E-state index >= 15 is 0 Å². The third-order valence-corrected chi connectivity index (χ3v) is 12.4. The number of carbonyl (C=O) groups is 2. The number of carbonyl (C=O) groups excluding carboxylic acids is 1. The maximum atomic E-state index is 13.8. The third kappa shape index (κ3) is 7.40. The summed E-state index contributed by atoms with van der Waals surface area (Å²) < 4.78 is 1.89. The second-order valence-electron chi connectivity index (χ2n) is 15.6. The number of aliphatic hydroxyl groups is 1. The molecule has 3 aliphatic rings. The summed E-state index contributed by atoms with van der Waals surface area (Å²) in [5.74, 6) is -0.402. The summed E-state index contributed by atoms with van der Waals surface area (Å²) in [6.45, 7) is 6.67. The smallest absolute Gasteiger partial charge is 0.306 e. The van der Waals surface area contributed by atoms with Gasteiger partial charge in [0.05, 0.1) is 39.5 Å². The number of rotatable bonds is 9. The number of benzene rings is 3. The van der Waals surface area contributed by atoms with Crippen LogP contribution in [0.1, 0.15) is 70.8 Å². The fourth-order valence-corrected chi connectivity index (χ4v) is 9.25. The van der Waals surface area contributed by atoms with E-state index in [1.165, 1.54) is 0 Å². The third-order valence-electron chi connectivity index (χ3n) is 12.0. The van der Waals surface area contributed by atoms with Gasteiger partial charge in [-0.2, -0.15) is 5.26 Å². The Kier molecular flexibility index (Phi) is 10.3. The molecular weight excluding hydrogens is 714 g/mol. The second-order valence-corrected chi connectivity index (χ2v) is 16.0. The number of hydrogen-bond donors (Lipinski definition) is 4. The molecule has 0 radical (unpaired) electrons. The molecule has 11 nitrogen and oxygen atoms in total. The molecule has 3 aromatic carbocycles. The first kappa shape index (κ1) is 37.0. The molecule has 2 aliphatic heterocycles. The van der Waals surface area contributed by atoms with E-state index in [9.17, 15) is 25.1 Å². The number of halogens is 1. The minimum Gasteiger partial charge on any atom is -0.481 e. The van der Waals surface area contributed by atoms with Crippen molar-refractivity contribution in [2.75, 3.05) is 31.5 Å². The Bertz CT molecular complexity index is 2330. The van der Waals surface area contributed by atoms with E-state index in [1.807, 2.05) is 41.9 Å². The Balaban J connectivity index is 0.994. The number of carboxylic acids is 1. The van der Waals surface area contributed by atoms with Crippen molar-refractivity contribution in [2.24, 2.45) is 18.9 Å². The molecule has 55 heavy (non-hydrogen) atoms. The Hall–Kier alpha value is -4.99. The number of carboxylic acid groups (broad SMARTS) is 1. The number of anilines is 1. The highest BCUT2D eigenvalue weighted by Crippen LogP contribution is 2.39. The summed E-state index contributed by atoms with van der Waals surface area (Å²) in [5.41, 5.74) is 9.47. The Morgan fingerprint density at radius 3 is 2.53 bits per heavy atom. The number of nitriles is 1. The van der Waals surface area contributed by atoms with Crippen molar-refractivity contribution in [2.45, 2.75) is 64.6 Å².